The molecular formula is C13H10BrF3N2O3S. The average molecular weight is 411 g/mol. The van der Waals surface area contributed by atoms with Gasteiger partial charge in [-0.15, -0.1) is 11.3 Å². The number of thiazole rings is 1. The van der Waals surface area contributed by atoms with Crippen LogP contribution in [0.1, 0.15) is 16.1 Å². The van der Waals surface area contributed by atoms with Crippen LogP contribution in [0.5, 0.6) is 11.5 Å². The fourth-order valence-electron chi connectivity index (χ4n) is 1.63. The zero-order valence-electron chi connectivity index (χ0n) is 11.8. The second kappa shape index (κ2) is 6.75. The molecule has 0 saturated heterocycles. The minimum atomic E-state index is -4.55. The molecule has 2 aromatic rings. The molecule has 1 aromatic heterocycles. The third-order valence-electron chi connectivity index (χ3n) is 2.72. The van der Waals surface area contributed by atoms with E-state index in [1.54, 1.807) is 0 Å². The molecule has 124 valence electrons. The van der Waals surface area contributed by atoms with Crippen molar-refractivity contribution in [2.24, 2.45) is 0 Å². The summed E-state index contributed by atoms with van der Waals surface area (Å²) in [6, 6.07) is 2.86. The molecule has 0 aliphatic rings. The highest BCUT2D eigenvalue weighted by atomic mass is 79.9. The van der Waals surface area contributed by atoms with Crippen molar-refractivity contribution in [1.82, 2.24) is 4.98 Å². The Bertz CT molecular complexity index is 708. The summed E-state index contributed by atoms with van der Waals surface area (Å²) < 4.78 is 48.2. The molecule has 0 bridgehead atoms. The first-order valence-electron chi connectivity index (χ1n) is 6.02. The Balaban J connectivity index is 2.26. The van der Waals surface area contributed by atoms with E-state index in [0.29, 0.717) is 27.3 Å². The summed E-state index contributed by atoms with van der Waals surface area (Å²) in [4.78, 5) is 15.5. The lowest BCUT2D eigenvalue weighted by Gasteiger charge is -2.11. The zero-order valence-corrected chi connectivity index (χ0v) is 14.2. The fourth-order valence-corrected chi connectivity index (χ4v) is 2.90. The Labute approximate surface area is 141 Å². The second-order valence-electron chi connectivity index (χ2n) is 4.18. The van der Waals surface area contributed by atoms with Crippen molar-refractivity contribution >= 4 is 38.3 Å². The Morgan fingerprint density at radius 1 is 1.26 bits per heavy atom. The maximum absolute atomic E-state index is 12.5. The molecule has 2 rings (SSSR count). The van der Waals surface area contributed by atoms with Crippen LogP contribution in [0.15, 0.2) is 22.0 Å². The topological polar surface area (TPSA) is 60.5 Å². The van der Waals surface area contributed by atoms with Gasteiger partial charge >= 0.3 is 6.18 Å². The molecule has 0 radical (unpaired) electrons. The van der Waals surface area contributed by atoms with Crippen molar-refractivity contribution in [2.45, 2.75) is 6.18 Å². The molecule has 0 spiro atoms. The van der Waals surface area contributed by atoms with E-state index in [1.807, 2.05) is 0 Å². The third-order valence-corrected chi connectivity index (χ3v) is 4.26. The second-order valence-corrected chi connectivity index (χ2v) is 5.84. The van der Waals surface area contributed by atoms with Crippen molar-refractivity contribution in [3.05, 3.63) is 33.2 Å². The summed E-state index contributed by atoms with van der Waals surface area (Å²) in [6.07, 6.45) is -4.55. The smallest absolute Gasteiger partial charge is 0.434 e. The normalized spacial score (nSPS) is 11.2. The molecule has 5 nitrogen and oxygen atoms in total. The van der Waals surface area contributed by atoms with E-state index in [-0.39, 0.29) is 10.7 Å². The fraction of sp³-hybridized carbons (Fsp3) is 0.231. The van der Waals surface area contributed by atoms with Crippen molar-refractivity contribution in [2.75, 3.05) is 19.5 Å². The van der Waals surface area contributed by atoms with Gasteiger partial charge in [0.05, 0.1) is 14.2 Å². The van der Waals surface area contributed by atoms with Crippen LogP contribution in [0.25, 0.3) is 0 Å². The minimum Gasteiger partial charge on any atom is -0.495 e. The summed E-state index contributed by atoms with van der Waals surface area (Å²) in [6.45, 7) is 0. The van der Waals surface area contributed by atoms with Crippen LogP contribution in [0.2, 0.25) is 0 Å². The third kappa shape index (κ3) is 3.94. The van der Waals surface area contributed by atoms with Crippen LogP contribution in [0.4, 0.5) is 18.3 Å². The standard InChI is InChI=1S/C13H10BrF3N2O3S/c1-21-7-3-6(4-8(22-2)10(7)14)11(20)19-12-18-9(5-23-12)13(15,16)17/h3-5H,1-2H3,(H,18,19,20). The molecule has 23 heavy (non-hydrogen) atoms. The van der Waals surface area contributed by atoms with Gasteiger partial charge in [0.15, 0.2) is 10.8 Å². The van der Waals surface area contributed by atoms with Gasteiger partial charge in [-0.3, -0.25) is 10.1 Å². The van der Waals surface area contributed by atoms with Crippen molar-refractivity contribution < 1.29 is 27.4 Å². The molecule has 0 aliphatic carbocycles. The number of nitrogens with one attached hydrogen (secondary N) is 1. The molecule has 1 N–H and O–H groups in total. The molecule has 1 heterocycles. The summed E-state index contributed by atoms with van der Waals surface area (Å²) in [5.74, 6) is 0.0754. The predicted molar refractivity (Wildman–Crippen MR) is 82.3 cm³/mol. The summed E-state index contributed by atoms with van der Waals surface area (Å²) >= 11 is 3.95. The Hall–Kier alpha value is -1.81. The van der Waals surface area contributed by atoms with Gasteiger partial charge in [-0.1, -0.05) is 0 Å². The number of halogens is 4. The van der Waals surface area contributed by atoms with Crippen LogP contribution in [-0.4, -0.2) is 25.1 Å². The van der Waals surface area contributed by atoms with E-state index in [2.05, 4.69) is 26.2 Å². The number of methoxy groups -OCH3 is 2. The highest BCUT2D eigenvalue weighted by Crippen LogP contribution is 2.36. The lowest BCUT2D eigenvalue weighted by molar-refractivity contribution is -0.140. The molecule has 0 atom stereocenters. The number of carbonyl (C=O) groups excluding carboxylic acids is 1. The average Bonchev–Trinajstić information content (AvgIpc) is 2.96. The maximum atomic E-state index is 12.5. The lowest BCUT2D eigenvalue weighted by Crippen LogP contribution is -2.13. The van der Waals surface area contributed by atoms with Gasteiger partial charge in [-0.2, -0.15) is 13.2 Å². The number of ether oxygens (including phenoxy) is 2. The molecule has 0 fully saturated rings. The maximum Gasteiger partial charge on any atom is 0.434 e. The SMILES string of the molecule is COc1cc(C(=O)Nc2nc(C(F)(F)F)cs2)cc(OC)c1Br. The van der Waals surface area contributed by atoms with E-state index in [9.17, 15) is 18.0 Å². The first-order chi connectivity index (χ1) is 10.8. The Morgan fingerprint density at radius 3 is 2.26 bits per heavy atom. The number of nitrogens with zero attached hydrogens (tertiary/aromatic N) is 1. The van der Waals surface area contributed by atoms with Gasteiger partial charge in [0.2, 0.25) is 0 Å². The largest absolute Gasteiger partial charge is 0.495 e. The van der Waals surface area contributed by atoms with Crippen LogP contribution in [-0.2, 0) is 6.18 Å². The first-order valence-corrected chi connectivity index (χ1v) is 7.69. The van der Waals surface area contributed by atoms with Gasteiger partial charge in [0, 0.05) is 10.9 Å². The quantitative estimate of drug-likeness (QED) is 0.820. The number of rotatable bonds is 4. The van der Waals surface area contributed by atoms with Gasteiger partial charge < -0.3 is 9.47 Å². The molecule has 0 saturated carbocycles. The molecule has 0 aliphatic heterocycles. The molecule has 10 heteroatoms. The first kappa shape index (κ1) is 17.5. The van der Waals surface area contributed by atoms with Crippen LogP contribution < -0.4 is 14.8 Å². The van der Waals surface area contributed by atoms with E-state index in [4.69, 9.17) is 9.47 Å². The lowest BCUT2D eigenvalue weighted by atomic mass is 10.2. The molecule has 0 unspecified atom stereocenters. The highest BCUT2D eigenvalue weighted by Gasteiger charge is 2.34. The van der Waals surface area contributed by atoms with Crippen molar-refractivity contribution in [1.29, 1.82) is 0 Å². The van der Waals surface area contributed by atoms with Gasteiger partial charge in [-0.05, 0) is 28.1 Å². The molecule has 1 amide bonds. The number of hydrogen-bond acceptors (Lipinski definition) is 5. The minimum absolute atomic E-state index is 0.150. The number of aromatic nitrogens is 1. The predicted octanol–water partition coefficient (Wildman–Crippen LogP) is 4.19. The van der Waals surface area contributed by atoms with Crippen molar-refractivity contribution in [3.8, 4) is 11.5 Å². The monoisotopic (exact) mass is 410 g/mol. The Morgan fingerprint density at radius 2 is 1.83 bits per heavy atom. The summed E-state index contributed by atoms with van der Waals surface area (Å²) in [7, 11) is 2.83. The van der Waals surface area contributed by atoms with Crippen LogP contribution in [0.3, 0.4) is 0 Å². The van der Waals surface area contributed by atoms with E-state index in [1.165, 1.54) is 26.4 Å². The number of carbonyl (C=O) groups is 1. The molecular weight excluding hydrogens is 401 g/mol. The van der Waals surface area contributed by atoms with E-state index in [0.717, 1.165) is 5.38 Å². The van der Waals surface area contributed by atoms with E-state index < -0.39 is 17.8 Å². The number of anilines is 1. The van der Waals surface area contributed by atoms with Crippen LogP contribution in [0, 0.1) is 0 Å². The number of hydrogen-bond donors (Lipinski definition) is 1. The van der Waals surface area contributed by atoms with Gasteiger partial charge in [-0.25, -0.2) is 4.98 Å². The van der Waals surface area contributed by atoms with E-state index >= 15 is 0 Å². The number of alkyl halides is 3. The highest BCUT2D eigenvalue weighted by molar-refractivity contribution is 9.10. The van der Waals surface area contributed by atoms with Gasteiger partial charge in [0.25, 0.3) is 5.91 Å². The molecule has 1 aromatic carbocycles. The number of benzene rings is 1. The number of amides is 1. The van der Waals surface area contributed by atoms with Crippen molar-refractivity contribution in [3.63, 3.8) is 0 Å². The Kier molecular flexibility index (Phi) is 5.15. The van der Waals surface area contributed by atoms with Gasteiger partial charge in [0.1, 0.15) is 16.0 Å². The summed E-state index contributed by atoms with van der Waals surface area (Å²) in [5, 5.41) is 3.00. The summed E-state index contributed by atoms with van der Waals surface area (Å²) in [5.41, 5.74) is -0.894. The van der Waals surface area contributed by atoms with Crippen LogP contribution >= 0.6 is 27.3 Å². The zero-order chi connectivity index (χ0) is 17.2.